The number of pyridine rings is 1. The molecule has 0 aliphatic rings. The Kier molecular flexibility index (Phi) is 4.97. The molecule has 112 valence electrons. The zero-order chi connectivity index (χ0) is 15.4. The standard InChI is InChI=1S/C16H13ClN2OS2/c1-20-14-4-2-3-11(7-14)16-19-13(10-22-16)9-21-15-6-5-12(17)8-18-15/h2-8,10H,9H2,1H3. The molecule has 0 aliphatic carbocycles. The Balaban J connectivity index is 1.69. The first-order chi connectivity index (χ1) is 10.7. The summed E-state index contributed by atoms with van der Waals surface area (Å²) in [6.45, 7) is 0. The van der Waals surface area contributed by atoms with Crippen molar-refractivity contribution in [1.82, 2.24) is 9.97 Å². The minimum atomic E-state index is 0.651. The van der Waals surface area contributed by atoms with Crippen molar-refractivity contribution in [2.75, 3.05) is 7.11 Å². The van der Waals surface area contributed by atoms with E-state index in [1.165, 1.54) is 0 Å². The molecule has 0 fully saturated rings. The van der Waals surface area contributed by atoms with Gasteiger partial charge in [-0.25, -0.2) is 9.97 Å². The van der Waals surface area contributed by atoms with Gasteiger partial charge >= 0.3 is 0 Å². The van der Waals surface area contributed by atoms with E-state index in [2.05, 4.69) is 15.3 Å². The quantitative estimate of drug-likeness (QED) is 0.596. The highest BCUT2D eigenvalue weighted by Gasteiger charge is 2.07. The summed E-state index contributed by atoms with van der Waals surface area (Å²) in [6, 6.07) is 11.7. The molecule has 0 saturated heterocycles. The zero-order valence-electron chi connectivity index (χ0n) is 11.8. The van der Waals surface area contributed by atoms with Gasteiger partial charge < -0.3 is 4.74 Å². The van der Waals surface area contributed by atoms with Crippen LogP contribution in [0.5, 0.6) is 5.75 Å². The molecular formula is C16H13ClN2OS2. The molecule has 0 N–H and O–H groups in total. The lowest BCUT2D eigenvalue weighted by Crippen LogP contribution is -1.85. The normalized spacial score (nSPS) is 10.6. The van der Waals surface area contributed by atoms with Crippen molar-refractivity contribution in [3.8, 4) is 16.3 Å². The smallest absolute Gasteiger partial charge is 0.123 e. The number of hydrogen-bond donors (Lipinski definition) is 0. The summed E-state index contributed by atoms with van der Waals surface area (Å²) in [7, 11) is 1.67. The molecule has 2 heterocycles. The lowest BCUT2D eigenvalue weighted by atomic mass is 10.2. The van der Waals surface area contributed by atoms with Crippen LogP contribution in [0.25, 0.3) is 10.6 Å². The number of methoxy groups -OCH3 is 1. The number of nitrogens with zero attached hydrogens (tertiary/aromatic N) is 2. The largest absolute Gasteiger partial charge is 0.497 e. The van der Waals surface area contributed by atoms with Crippen molar-refractivity contribution < 1.29 is 4.74 Å². The van der Waals surface area contributed by atoms with E-state index >= 15 is 0 Å². The first-order valence-corrected chi connectivity index (χ1v) is 8.82. The number of aromatic nitrogens is 2. The van der Waals surface area contributed by atoms with Crippen LogP contribution >= 0.6 is 34.7 Å². The van der Waals surface area contributed by atoms with E-state index in [1.54, 1.807) is 36.4 Å². The Morgan fingerprint density at radius 2 is 2.18 bits per heavy atom. The van der Waals surface area contributed by atoms with Gasteiger partial charge in [0.2, 0.25) is 0 Å². The predicted molar refractivity (Wildman–Crippen MR) is 92.9 cm³/mol. The van der Waals surface area contributed by atoms with Crippen molar-refractivity contribution in [3.63, 3.8) is 0 Å². The van der Waals surface area contributed by atoms with Gasteiger partial charge in [0, 0.05) is 22.9 Å². The molecule has 0 radical (unpaired) electrons. The van der Waals surface area contributed by atoms with E-state index in [4.69, 9.17) is 16.3 Å². The highest BCUT2D eigenvalue weighted by atomic mass is 35.5. The molecule has 3 rings (SSSR count). The SMILES string of the molecule is COc1cccc(-c2nc(CSc3ccc(Cl)cn3)cs2)c1. The van der Waals surface area contributed by atoms with Crippen LogP contribution < -0.4 is 4.74 Å². The van der Waals surface area contributed by atoms with Gasteiger partial charge in [-0.3, -0.25) is 0 Å². The van der Waals surface area contributed by atoms with Crippen LogP contribution in [0.15, 0.2) is 53.0 Å². The monoisotopic (exact) mass is 348 g/mol. The highest BCUT2D eigenvalue weighted by molar-refractivity contribution is 7.98. The van der Waals surface area contributed by atoms with E-state index in [0.29, 0.717) is 5.02 Å². The summed E-state index contributed by atoms with van der Waals surface area (Å²) in [5, 5.41) is 4.68. The van der Waals surface area contributed by atoms with Crippen LogP contribution in [-0.2, 0) is 5.75 Å². The van der Waals surface area contributed by atoms with Gasteiger partial charge in [-0.05, 0) is 24.3 Å². The van der Waals surface area contributed by atoms with Crippen LogP contribution in [0.2, 0.25) is 5.02 Å². The highest BCUT2D eigenvalue weighted by Crippen LogP contribution is 2.29. The molecule has 0 bridgehead atoms. The molecule has 2 aromatic heterocycles. The molecule has 1 aromatic carbocycles. The Morgan fingerprint density at radius 3 is 2.95 bits per heavy atom. The number of halogens is 1. The number of thiazole rings is 1. The first kappa shape index (κ1) is 15.3. The van der Waals surface area contributed by atoms with Gasteiger partial charge in [-0.2, -0.15) is 0 Å². The van der Waals surface area contributed by atoms with Crippen molar-refractivity contribution in [3.05, 3.63) is 58.7 Å². The number of ether oxygens (including phenoxy) is 1. The van der Waals surface area contributed by atoms with E-state index in [9.17, 15) is 0 Å². The third kappa shape index (κ3) is 3.80. The second-order valence-electron chi connectivity index (χ2n) is 4.48. The molecule has 0 aliphatic heterocycles. The van der Waals surface area contributed by atoms with Gasteiger partial charge in [-0.15, -0.1) is 23.1 Å². The minimum Gasteiger partial charge on any atom is -0.497 e. The maximum Gasteiger partial charge on any atom is 0.123 e. The maximum atomic E-state index is 5.83. The van der Waals surface area contributed by atoms with Crippen molar-refractivity contribution in [2.45, 2.75) is 10.8 Å². The Morgan fingerprint density at radius 1 is 1.27 bits per heavy atom. The van der Waals surface area contributed by atoms with Gasteiger partial charge in [0.25, 0.3) is 0 Å². The van der Waals surface area contributed by atoms with Gasteiger partial charge in [0.1, 0.15) is 10.8 Å². The number of rotatable bonds is 5. The molecule has 3 aromatic rings. The molecule has 0 spiro atoms. The third-order valence-electron chi connectivity index (χ3n) is 2.94. The molecule has 22 heavy (non-hydrogen) atoms. The molecule has 3 nitrogen and oxygen atoms in total. The fourth-order valence-electron chi connectivity index (χ4n) is 1.86. The summed E-state index contributed by atoms with van der Waals surface area (Å²) in [6.07, 6.45) is 1.66. The number of hydrogen-bond acceptors (Lipinski definition) is 5. The first-order valence-electron chi connectivity index (χ1n) is 6.58. The maximum absolute atomic E-state index is 5.83. The van der Waals surface area contributed by atoms with Crippen LogP contribution in [0.4, 0.5) is 0 Å². The molecule has 0 unspecified atom stereocenters. The number of benzene rings is 1. The van der Waals surface area contributed by atoms with Crippen molar-refractivity contribution >= 4 is 34.7 Å². The number of thioether (sulfide) groups is 1. The summed E-state index contributed by atoms with van der Waals surface area (Å²) < 4.78 is 5.25. The van der Waals surface area contributed by atoms with Gasteiger partial charge in [-0.1, -0.05) is 23.7 Å². The average molecular weight is 349 g/mol. The van der Waals surface area contributed by atoms with E-state index < -0.39 is 0 Å². The second kappa shape index (κ2) is 7.13. The van der Waals surface area contributed by atoms with E-state index in [0.717, 1.165) is 32.8 Å². The van der Waals surface area contributed by atoms with Crippen molar-refractivity contribution in [2.24, 2.45) is 0 Å². The van der Waals surface area contributed by atoms with Crippen LogP contribution in [0.1, 0.15) is 5.69 Å². The van der Waals surface area contributed by atoms with Crippen LogP contribution in [0.3, 0.4) is 0 Å². The Labute approximate surface area is 142 Å². The molecule has 0 saturated carbocycles. The summed E-state index contributed by atoms with van der Waals surface area (Å²) in [4.78, 5) is 8.95. The minimum absolute atomic E-state index is 0.651. The summed E-state index contributed by atoms with van der Waals surface area (Å²) in [5.41, 5.74) is 2.12. The second-order valence-corrected chi connectivity index (χ2v) is 6.77. The van der Waals surface area contributed by atoms with E-state index in [-0.39, 0.29) is 0 Å². The molecule has 0 amide bonds. The summed E-state index contributed by atoms with van der Waals surface area (Å²) in [5.74, 6) is 1.63. The fourth-order valence-corrected chi connectivity index (χ4v) is 3.63. The zero-order valence-corrected chi connectivity index (χ0v) is 14.2. The summed E-state index contributed by atoms with van der Waals surface area (Å²) >= 11 is 9.12. The van der Waals surface area contributed by atoms with Crippen LogP contribution in [-0.4, -0.2) is 17.1 Å². The third-order valence-corrected chi connectivity index (χ3v) is 5.08. The Hall–Kier alpha value is -1.56. The topological polar surface area (TPSA) is 35.0 Å². The molecule has 0 atom stereocenters. The van der Waals surface area contributed by atoms with E-state index in [1.807, 2.05) is 36.4 Å². The van der Waals surface area contributed by atoms with Gasteiger partial charge in [0.15, 0.2) is 0 Å². The lowest BCUT2D eigenvalue weighted by Gasteiger charge is -2.01. The molecular weight excluding hydrogens is 336 g/mol. The van der Waals surface area contributed by atoms with Crippen LogP contribution in [0, 0.1) is 0 Å². The lowest BCUT2D eigenvalue weighted by molar-refractivity contribution is 0.415. The predicted octanol–water partition coefficient (Wildman–Crippen LogP) is 5.16. The van der Waals surface area contributed by atoms with Gasteiger partial charge in [0.05, 0.1) is 22.9 Å². The molecule has 6 heteroatoms. The van der Waals surface area contributed by atoms with Crippen molar-refractivity contribution in [1.29, 1.82) is 0 Å². The Bertz CT molecular complexity index is 759. The average Bonchev–Trinajstić information content (AvgIpc) is 3.03. The fraction of sp³-hybridized carbons (Fsp3) is 0.125.